The summed E-state index contributed by atoms with van der Waals surface area (Å²) in [5.41, 5.74) is 0.604. The van der Waals surface area contributed by atoms with E-state index in [1.54, 1.807) is 12.4 Å². The standard InChI is InChI=1S/C17H17N5O3/c1-21-14-13(16(24)22(2)17(21)25)8-12(10-20-14)15(23)19-7-5-11-4-3-6-18-9-11/h3-4,6,8-10H,5,7H2,1-2H3,(H,19,23). The Morgan fingerprint density at radius 3 is 2.72 bits per heavy atom. The predicted octanol–water partition coefficient (Wildman–Crippen LogP) is -0.000300. The summed E-state index contributed by atoms with van der Waals surface area (Å²) in [6, 6.07) is 5.23. The number of hydrogen-bond donors (Lipinski definition) is 1. The van der Waals surface area contributed by atoms with Crippen molar-refractivity contribution in [1.82, 2.24) is 24.4 Å². The zero-order chi connectivity index (χ0) is 18.0. The largest absolute Gasteiger partial charge is 0.352 e. The average Bonchev–Trinajstić information content (AvgIpc) is 2.65. The van der Waals surface area contributed by atoms with Gasteiger partial charge in [-0.2, -0.15) is 0 Å². The van der Waals surface area contributed by atoms with Gasteiger partial charge in [0.25, 0.3) is 11.5 Å². The van der Waals surface area contributed by atoms with Crippen LogP contribution in [-0.4, -0.2) is 31.6 Å². The third-order valence-corrected chi connectivity index (χ3v) is 3.98. The van der Waals surface area contributed by atoms with Gasteiger partial charge in [0.15, 0.2) is 0 Å². The molecule has 3 rings (SSSR count). The number of pyridine rings is 2. The molecule has 1 N–H and O–H groups in total. The maximum absolute atomic E-state index is 12.3. The first-order valence-electron chi connectivity index (χ1n) is 7.72. The summed E-state index contributed by atoms with van der Waals surface area (Å²) in [5.74, 6) is -0.325. The van der Waals surface area contributed by atoms with Crippen LogP contribution in [0.4, 0.5) is 0 Å². The fourth-order valence-electron chi connectivity index (χ4n) is 2.56. The molecular formula is C17H17N5O3. The number of rotatable bonds is 4. The molecule has 0 radical (unpaired) electrons. The molecule has 0 aliphatic carbocycles. The molecule has 8 heteroatoms. The molecule has 0 aliphatic rings. The Morgan fingerprint density at radius 2 is 2.00 bits per heavy atom. The summed E-state index contributed by atoms with van der Waals surface area (Å²) < 4.78 is 2.27. The third-order valence-electron chi connectivity index (χ3n) is 3.98. The Balaban J connectivity index is 1.83. The van der Waals surface area contributed by atoms with Crippen LogP contribution in [0.5, 0.6) is 0 Å². The second-order valence-corrected chi connectivity index (χ2v) is 5.67. The molecule has 3 heterocycles. The van der Waals surface area contributed by atoms with Crippen LogP contribution in [0, 0.1) is 0 Å². The number of aromatic nitrogens is 4. The molecule has 25 heavy (non-hydrogen) atoms. The molecule has 0 bridgehead atoms. The van der Waals surface area contributed by atoms with Crippen molar-refractivity contribution in [3.8, 4) is 0 Å². The number of aryl methyl sites for hydroxylation is 1. The second kappa shape index (κ2) is 6.68. The lowest BCUT2D eigenvalue weighted by Crippen LogP contribution is -2.37. The van der Waals surface area contributed by atoms with Gasteiger partial charge in [0.2, 0.25) is 0 Å². The molecular weight excluding hydrogens is 322 g/mol. The van der Waals surface area contributed by atoms with Crippen molar-refractivity contribution in [2.24, 2.45) is 14.1 Å². The number of carbonyl (C=O) groups excluding carboxylic acids is 1. The molecule has 1 amide bonds. The van der Waals surface area contributed by atoms with Gasteiger partial charge in [-0.05, 0) is 24.1 Å². The quantitative estimate of drug-likeness (QED) is 0.721. The predicted molar refractivity (Wildman–Crippen MR) is 92.5 cm³/mol. The number of fused-ring (bicyclic) bond motifs is 1. The summed E-state index contributed by atoms with van der Waals surface area (Å²) >= 11 is 0. The van der Waals surface area contributed by atoms with E-state index in [0.29, 0.717) is 13.0 Å². The van der Waals surface area contributed by atoms with E-state index in [1.807, 2.05) is 12.1 Å². The van der Waals surface area contributed by atoms with Crippen LogP contribution in [0.2, 0.25) is 0 Å². The van der Waals surface area contributed by atoms with Crippen LogP contribution in [0.15, 0.2) is 46.4 Å². The first-order valence-corrected chi connectivity index (χ1v) is 7.72. The van der Waals surface area contributed by atoms with Crippen LogP contribution in [0.3, 0.4) is 0 Å². The van der Waals surface area contributed by atoms with Crippen molar-refractivity contribution in [2.75, 3.05) is 6.54 Å². The zero-order valence-electron chi connectivity index (χ0n) is 13.9. The van der Waals surface area contributed by atoms with E-state index in [0.717, 1.165) is 10.1 Å². The second-order valence-electron chi connectivity index (χ2n) is 5.67. The maximum atomic E-state index is 12.3. The lowest BCUT2D eigenvalue weighted by molar-refractivity contribution is 0.0954. The van der Waals surface area contributed by atoms with Gasteiger partial charge in [-0.25, -0.2) is 9.78 Å². The number of hydrogen-bond acceptors (Lipinski definition) is 5. The minimum atomic E-state index is -0.476. The topological polar surface area (TPSA) is 98.9 Å². The van der Waals surface area contributed by atoms with E-state index in [9.17, 15) is 14.4 Å². The van der Waals surface area contributed by atoms with Crippen LogP contribution in [0.25, 0.3) is 11.0 Å². The molecule has 3 aromatic heterocycles. The van der Waals surface area contributed by atoms with Crippen LogP contribution in [-0.2, 0) is 20.5 Å². The van der Waals surface area contributed by atoms with E-state index < -0.39 is 11.2 Å². The highest BCUT2D eigenvalue weighted by Gasteiger charge is 2.13. The highest BCUT2D eigenvalue weighted by atomic mass is 16.2. The molecule has 0 fully saturated rings. The molecule has 0 saturated carbocycles. The minimum Gasteiger partial charge on any atom is -0.352 e. The molecule has 0 spiro atoms. The highest BCUT2D eigenvalue weighted by Crippen LogP contribution is 2.07. The molecule has 0 atom stereocenters. The Hall–Kier alpha value is -3.29. The van der Waals surface area contributed by atoms with E-state index in [-0.39, 0.29) is 22.5 Å². The van der Waals surface area contributed by atoms with Gasteiger partial charge in [0.05, 0.1) is 10.9 Å². The van der Waals surface area contributed by atoms with Crippen molar-refractivity contribution in [2.45, 2.75) is 6.42 Å². The fraction of sp³-hybridized carbons (Fsp3) is 0.235. The smallest absolute Gasteiger partial charge is 0.332 e. The number of amides is 1. The lowest BCUT2D eigenvalue weighted by atomic mass is 10.2. The molecule has 128 valence electrons. The van der Waals surface area contributed by atoms with Gasteiger partial charge < -0.3 is 5.32 Å². The first kappa shape index (κ1) is 16.6. The summed E-state index contributed by atoms with van der Waals surface area (Å²) in [5, 5.41) is 3.01. The third kappa shape index (κ3) is 3.18. The first-order chi connectivity index (χ1) is 12.0. The van der Waals surface area contributed by atoms with Gasteiger partial charge in [0.1, 0.15) is 5.65 Å². The minimum absolute atomic E-state index is 0.226. The van der Waals surface area contributed by atoms with E-state index in [2.05, 4.69) is 15.3 Å². The highest BCUT2D eigenvalue weighted by molar-refractivity contribution is 5.96. The fourth-order valence-corrected chi connectivity index (χ4v) is 2.56. The van der Waals surface area contributed by atoms with Crippen molar-refractivity contribution >= 4 is 16.9 Å². The van der Waals surface area contributed by atoms with Crippen LogP contribution < -0.4 is 16.6 Å². The Labute approximate surface area is 142 Å². The number of carbonyl (C=O) groups is 1. The summed E-state index contributed by atoms with van der Waals surface area (Å²) in [7, 11) is 2.93. The van der Waals surface area contributed by atoms with Gasteiger partial charge in [-0.1, -0.05) is 6.07 Å². The Kier molecular flexibility index (Phi) is 4.42. The molecule has 0 aliphatic heterocycles. The zero-order valence-corrected chi connectivity index (χ0v) is 13.9. The van der Waals surface area contributed by atoms with Crippen LogP contribution >= 0.6 is 0 Å². The summed E-state index contributed by atoms with van der Waals surface area (Å²) in [6.07, 6.45) is 5.45. The molecule has 0 saturated heterocycles. The average molecular weight is 339 g/mol. The Bertz CT molecular complexity index is 1050. The summed E-state index contributed by atoms with van der Waals surface area (Å²) in [4.78, 5) is 44.6. The van der Waals surface area contributed by atoms with E-state index >= 15 is 0 Å². The number of nitrogens with zero attached hydrogens (tertiary/aromatic N) is 4. The van der Waals surface area contributed by atoms with Gasteiger partial charge >= 0.3 is 5.69 Å². The molecule has 8 nitrogen and oxygen atoms in total. The van der Waals surface area contributed by atoms with Crippen molar-refractivity contribution in [1.29, 1.82) is 0 Å². The van der Waals surface area contributed by atoms with Crippen molar-refractivity contribution < 1.29 is 4.79 Å². The summed E-state index contributed by atoms with van der Waals surface area (Å²) in [6.45, 7) is 0.438. The SMILES string of the molecule is Cn1c(=O)c2cc(C(=O)NCCc3cccnc3)cnc2n(C)c1=O. The van der Waals surface area contributed by atoms with Crippen LogP contribution in [0.1, 0.15) is 15.9 Å². The Morgan fingerprint density at radius 1 is 1.20 bits per heavy atom. The van der Waals surface area contributed by atoms with E-state index in [1.165, 1.54) is 30.9 Å². The molecule has 3 aromatic rings. The number of nitrogens with one attached hydrogen (secondary N) is 1. The maximum Gasteiger partial charge on any atom is 0.332 e. The van der Waals surface area contributed by atoms with Gasteiger partial charge in [0, 0.05) is 39.2 Å². The lowest BCUT2D eigenvalue weighted by Gasteiger charge is -2.08. The van der Waals surface area contributed by atoms with Gasteiger partial charge in [-0.15, -0.1) is 0 Å². The van der Waals surface area contributed by atoms with E-state index in [4.69, 9.17) is 0 Å². The van der Waals surface area contributed by atoms with Crippen molar-refractivity contribution in [3.05, 3.63) is 68.8 Å². The molecule has 0 aromatic carbocycles. The normalized spacial score (nSPS) is 10.8. The molecule has 0 unspecified atom stereocenters. The monoisotopic (exact) mass is 339 g/mol. The van der Waals surface area contributed by atoms with Gasteiger partial charge in [-0.3, -0.25) is 23.7 Å². The van der Waals surface area contributed by atoms with Crippen molar-refractivity contribution in [3.63, 3.8) is 0 Å².